The Morgan fingerprint density at radius 2 is 1.70 bits per heavy atom. The molecule has 3 heterocycles. The number of nitrogens with zero attached hydrogens (tertiary/aromatic N) is 3. The van der Waals surface area contributed by atoms with E-state index in [-0.39, 0.29) is 30.2 Å². The molecule has 1 N–H and O–H groups in total. The Kier molecular flexibility index (Phi) is 9.92. The summed E-state index contributed by atoms with van der Waals surface area (Å²) in [7, 11) is 0. The van der Waals surface area contributed by atoms with Crippen LogP contribution in [0.2, 0.25) is 5.02 Å². The van der Waals surface area contributed by atoms with Gasteiger partial charge in [-0.15, -0.1) is 11.8 Å². The minimum absolute atomic E-state index is 0.0302. The van der Waals surface area contributed by atoms with Crippen molar-refractivity contribution in [1.82, 2.24) is 19.7 Å². The van der Waals surface area contributed by atoms with E-state index in [4.69, 9.17) is 16.3 Å². The summed E-state index contributed by atoms with van der Waals surface area (Å²) in [5.74, 6) is 0.0292. The SMILES string of the molecule is Cc1ccc(SC2(C(=O)N3CCN(C(=O)OCC(C)C)CC3)CC(=O)N(Cc3ccc(Br)cc3)C2c2c[nH]c3cc(Cl)ccc23)cc1. The summed E-state index contributed by atoms with van der Waals surface area (Å²) in [4.78, 5) is 51.8. The standard InChI is InChI=1S/C36H38BrClN4O4S/c1-23(2)22-46-35(45)41-16-14-40(15-17-41)34(44)36(47-28-11-4-24(3)5-12-28)19-32(43)42(21-25-6-8-26(37)9-7-25)33(36)30-20-39-31-18-27(38)10-13-29(30)31/h4-13,18,20,23,33,39H,14-17,19,21-22H2,1-3H3. The van der Waals surface area contributed by atoms with Gasteiger partial charge in [-0.05, 0) is 54.8 Å². The predicted octanol–water partition coefficient (Wildman–Crippen LogP) is 7.83. The van der Waals surface area contributed by atoms with Crippen molar-refractivity contribution in [1.29, 1.82) is 0 Å². The minimum Gasteiger partial charge on any atom is -0.449 e. The third kappa shape index (κ3) is 7.05. The zero-order valence-electron chi connectivity index (χ0n) is 26.7. The van der Waals surface area contributed by atoms with Gasteiger partial charge in [0.1, 0.15) is 4.75 Å². The maximum Gasteiger partial charge on any atom is 0.409 e. The van der Waals surface area contributed by atoms with Gasteiger partial charge in [-0.1, -0.05) is 77.3 Å². The molecule has 0 radical (unpaired) electrons. The summed E-state index contributed by atoms with van der Waals surface area (Å²) in [5, 5.41) is 1.51. The lowest BCUT2D eigenvalue weighted by Gasteiger charge is -2.42. The number of carbonyl (C=O) groups excluding carboxylic acids is 3. The number of nitrogens with one attached hydrogen (secondary N) is 1. The number of carbonyl (C=O) groups is 3. The van der Waals surface area contributed by atoms with Gasteiger partial charge in [0.2, 0.25) is 11.8 Å². The third-order valence-corrected chi connectivity index (χ3v) is 11.0. The van der Waals surface area contributed by atoms with Crippen LogP contribution in [-0.2, 0) is 20.9 Å². The number of benzene rings is 3. The molecule has 8 nitrogen and oxygen atoms in total. The number of halogens is 2. The van der Waals surface area contributed by atoms with Crippen LogP contribution in [0.4, 0.5) is 4.79 Å². The first-order chi connectivity index (χ1) is 22.5. The number of ether oxygens (including phenoxy) is 1. The van der Waals surface area contributed by atoms with Crippen LogP contribution in [0.25, 0.3) is 10.9 Å². The number of aryl methyl sites for hydroxylation is 1. The van der Waals surface area contributed by atoms with Gasteiger partial charge in [-0.25, -0.2) is 4.79 Å². The number of H-pyrrole nitrogens is 1. The molecule has 6 rings (SSSR count). The smallest absolute Gasteiger partial charge is 0.409 e. The number of aromatic amines is 1. The number of thioether (sulfide) groups is 1. The second-order valence-electron chi connectivity index (χ2n) is 12.7. The lowest BCUT2D eigenvalue weighted by Crippen LogP contribution is -2.57. The molecule has 3 aromatic carbocycles. The van der Waals surface area contributed by atoms with Crippen molar-refractivity contribution < 1.29 is 19.1 Å². The summed E-state index contributed by atoms with van der Waals surface area (Å²) >= 11 is 11.3. The topological polar surface area (TPSA) is 86.0 Å². The monoisotopic (exact) mass is 736 g/mol. The minimum atomic E-state index is -1.18. The van der Waals surface area contributed by atoms with Crippen molar-refractivity contribution in [2.45, 2.75) is 49.4 Å². The van der Waals surface area contributed by atoms with E-state index in [2.05, 4.69) is 20.9 Å². The molecule has 0 bridgehead atoms. The molecule has 2 fully saturated rings. The maximum atomic E-state index is 15.1. The molecule has 0 aliphatic carbocycles. The number of rotatable bonds is 8. The second kappa shape index (κ2) is 13.9. The Morgan fingerprint density at radius 3 is 2.38 bits per heavy atom. The average molecular weight is 738 g/mol. The van der Waals surface area contributed by atoms with E-state index >= 15 is 4.79 Å². The van der Waals surface area contributed by atoms with E-state index in [1.807, 2.05) is 103 Å². The number of fused-ring (bicyclic) bond motifs is 1. The summed E-state index contributed by atoms with van der Waals surface area (Å²) < 4.78 is 5.23. The first kappa shape index (κ1) is 33.4. The van der Waals surface area contributed by atoms with Crippen molar-refractivity contribution in [3.63, 3.8) is 0 Å². The fourth-order valence-electron chi connectivity index (χ4n) is 6.38. The fourth-order valence-corrected chi connectivity index (χ4v) is 8.29. The summed E-state index contributed by atoms with van der Waals surface area (Å²) in [5.41, 5.74) is 3.78. The quantitative estimate of drug-likeness (QED) is 0.199. The summed E-state index contributed by atoms with van der Waals surface area (Å²) in [6, 6.07) is 21.1. The van der Waals surface area contributed by atoms with Gasteiger partial charge in [-0.3, -0.25) is 9.59 Å². The van der Waals surface area contributed by atoms with Crippen LogP contribution in [0.5, 0.6) is 0 Å². The van der Waals surface area contributed by atoms with Crippen molar-refractivity contribution in [3.05, 3.63) is 99.1 Å². The molecule has 47 heavy (non-hydrogen) atoms. The van der Waals surface area contributed by atoms with Crippen molar-refractivity contribution in [3.8, 4) is 0 Å². The van der Waals surface area contributed by atoms with Crippen molar-refractivity contribution in [2.75, 3.05) is 32.8 Å². The molecule has 2 atom stereocenters. The van der Waals surface area contributed by atoms with Crippen LogP contribution in [0.15, 0.2) is 82.3 Å². The number of piperazine rings is 1. The molecule has 1 aromatic heterocycles. The Hall–Kier alpha value is -3.47. The number of hydrogen-bond donors (Lipinski definition) is 1. The van der Waals surface area contributed by atoms with Crippen LogP contribution in [-0.4, -0.2) is 75.1 Å². The summed E-state index contributed by atoms with van der Waals surface area (Å²) in [6.07, 6.45) is 1.59. The highest BCUT2D eigenvalue weighted by atomic mass is 79.9. The van der Waals surface area contributed by atoms with E-state index in [0.717, 1.165) is 37.0 Å². The fraction of sp³-hybridized carbons (Fsp3) is 0.361. The molecule has 11 heteroatoms. The lowest BCUT2D eigenvalue weighted by molar-refractivity contribution is -0.136. The van der Waals surface area contributed by atoms with Gasteiger partial charge in [0.05, 0.1) is 19.1 Å². The normalized spacial score (nSPS) is 20.0. The molecular formula is C36H38BrClN4O4S. The predicted molar refractivity (Wildman–Crippen MR) is 189 cm³/mol. The van der Waals surface area contributed by atoms with E-state index in [0.29, 0.717) is 44.4 Å². The molecule has 2 aliphatic heterocycles. The van der Waals surface area contributed by atoms with Gasteiger partial charge in [-0.2, -0.15) is 0 Å². The number of amides is 3. The van der Waals surface area contributed by atoms with Crippen LogP contribution >= 0.6 is 39.3 Å². The highest BCUT2D eigenvalue weighted by molar-refractivity contribution is 9.10. The van der Waals surface area contributed by atoms with Crippen LogP contribution in [0, 0.1) is 12.8 Å². The van der Waals surface area contributed by atoms with E-state index in [1.54, 1.807) is 4.90 Å². The third-order valence-electron chi connectivity index (χ3n) is 8.77. The zero-order valence-corrected chi connectivity index (χ0v) is 29.8. The van der Waals surface area contributed by atoms with Crippen LogP contribution < -0.4 is 0 Å². The highest BCUT2D eigenvalue weighted by Gasteiger charge is 2.60. The molecule has 0 saturated carbocycles. The van der Waals surface area contributed by atoms with Crippen LogP contribution in [0.3, 0.4) is 0 Å². The van der Waals surface area contributed by atoms with Gasteiger partial charge < -0.3 is 24.4 Å². The van der Waals surface area contributed by atoms with Crippen molar-refractivity contribution >= 4 is 68.1 Å². The Bertz CT molecular complexity index is 1770. The van der Waals surface area contributed by atoms with Crippen molar-refractivity contribution in [2.24, 2.45) is 5.92 Å². The molecule has 2 aliphatic rings. The first-order valence-electron chi connectivity index (χ1n) is 15.8. The van der Waals surface area contributed by atoms with E-state index in [9.17, 15) is 9.59 Å². The van der Waals surface area contributed by atoms with Crippen LogP contribution in [0.1, 0.15) is 43.0 Å². The number of likely N-dealkylation sites (tertiary alicyclic amines) is 1. The second-order valence-corrected chi connectivity index (χ2v) is 15.5. The lowest BCUT2D eigenvalue weighted by atomic mass is 9.90. The zero-order chi connectivity index (χ0) is 33.3. The molecule has 0 spiro atoms. The highest BCUT2D eigenvalue weighted by Crippen LogP contribution is 2.55. The van der Waals surface area contributed by atoms with Gasteiger partial charge in [0, 0.05) is 69.8 Å². The molecule has 2 unspecified atom stereocenters. The Morgan fingerprint density at radius 1 is 1.02 bits per heavy atom. The Labute approximate surface area is 292 Å². The number of hydrogen-bond acceptors (Lipinski definition) is 5. The van der Waals surface area contributed by atoms with Gasteiger partial charge in [0.25, 0.3) is 0 Å². The Balaban J connectivity index is 1.42. The molecule has 2 saturated heterocycles. The molecule has 3 amide bonds. The van der Waals surface area contributed by atoms with E-state index < -0.39 is 10.8 Å². The maximum absolute atomic E-state index is 15.1. The average Bonchev–Trinajstić information content (AvgIpc) is 3.58. The van der Waals surface area contributed by atoms with Gasteiger partial charge >= 0.3 is 6.09 Å². The van der Waals surface area contributed by atoms with E-state index in [1.165, 1.54) is 11.8 Å². The molecule has 4 aromatic rings. The largest absolute Gasteiger partial charge is 0.449 e. The molecular weight excluding hydrogens is 700 g/mol. The summed E-state index contributed by atoms with van der Waals surface area (Å²) in [6.45, 7) is 8.14. The van der Waals surface area contributed by atoms with Gasteiger partial charge in [0.15, 0.2) is 0 Å². The number of aromatic nitrogens is 1. The molecule has 246 valence electrons. The first-order valence-corrected chi connectivity index (χ1v) is 17.8.